The number of ketones is 1. The predicted molar refractivity (Wildman–Crippen MR) is 65.3 cm³/mol. The number of aromatic nitrogens is 3. The second-order valence-corrected chi connectivity index (χ2v) is 4.63. The fourth-order valence-corrected chi connectivity index (χ4v) is 2.42. The number of pyridine rings is 1. The molecule has 18 heavy (non-hydrogen) atoms. The van der Waals surface area contributed by atoms with Gasteiger partial charge >= 0.3 is 0 Å². The fraction of sp³-hybridized carbons (Fsp3) is 0.0833. The summed E-state index contributed by atoms with van der Waals surface area (Å²) >= 11 is 1.49. The minimum Gasteiger partial charge on any atom is -0.297 e. The molecule has 3 rings (SSSR count). The Morgan fingerprint density at radius 1 is 1.50 bits per heavy atom. The van der Waals surface area contributed by atoms with Crippen LogP contribution in [0.15, 0.2) is 36.1 Å². The number of Topliss-reactive ketones (excluding diaryl/α,β-unsaturated/α-hetero) is 1. The largest absolute Gasteiger partial charge is 0.297 e. The fourth-order valence-electron chi connectivity index (χ4n) is 1.70. The molecule has 0 aliphatic heterocycles. The van der Waals surface area contributed by atoms with Gasteiger partial charge in [-0.1, -0.05) is 0 Å². The van der Waals surface area contributed by atoms with E-state index in [9.17, 15) is 9.18 Å². The van der Waals surface area contributed by atoms with Crippen molar-refractivity contribution in [3.05, 3.63) is 53.3 Å². The van der Waals surface area contributed by atoms with Gasteiger partial charge in [-0.2, -0.15) is 0 Å². The zero-order chi connectivity index (χ0) is 12.5. The SMILES string of the molecule is O=C(Cc1cn2ccsc2n1)c1ncccc1F. The van der Waals surface area contributed by atoms with E-state index in [0.29, 0.717) is 5.69 Å². The van der Waals surface area contributed by atoms with Crippen molar-refractivity contribution in [1.29, 1.82) is 0 Å². The highest BCUT2D eigenvalue weighted by Gasteiger charge is 2.15. The average molecular weight is 261 g/mol. The molecular formula is C12H8FN3OS. The van der Waals surface area contributed by atoms with Crippen molar-refractivity contribution < 1.29 is 9.18 Å². The van der Waals surface area contributed by atoms with Gasteiger partial charge in [0.2, 0.25) is 0 Å². The molecule has 0 saturated heterocycles. The highest BCUT2D eigenvalue weighted by atomic mass is 32.1. The van der Waals surface area contributed by atoms with Crippen molar-refractivity contribution in [3.63, 3.8) is 0 Å². The first-order chi connectivity index (χ1) is 8.74. The second-order valence-electron chi connectivity index (χ2n) is 3.76. The summed E-state index contributed by atoms with van der Waals surface area (Å²) in [4.78, 5) is 20.7. The lowest BCUT2D eigenvalue weighted by molar-refractivity contribution is 0.0983. The van der Waals surface area contributed by atoms with Crippen LogP contribution in [0.25, 0.3) is 4.96 Å². The van der Waals surface area contributed by atoms with Crippen LogP contribution < -0.4 is 0 Å². The number of hydrogen-bond acceptors (Lipinski definition) is 4. The maximum atomic E-state index is 13.4. The Labute approximate surface area is 106 Å². The molecule has 0 fully saturated rings. The Kier molecular flexibility index (Phi) is 2.64. The molecule has 0 atom stereocenters. The lowest BCUT2D eigenvalue weighted by atomic mass is 10.1. The van der Waals surface area contributed by atoms with Gasteiger partial charge in [0.1, 0.15) is 5.69 Å². The third kappa shape index (κ3) is 1.91. The van der Waals surface area contributed by atoms with Crippen LogP contribution in [-0.2, 0) is 6.42 Å². The first-order valence-corrected chi connectivity index (χ1v) is 6.17. The van der Waals surface area contributed by atoms with E-state index in [1.54, 1.807) is 6.20 Å². The molecule has 3 heterocycles. The van der Waals surface area contributed by atoms with Gasteiger partial charge in [-0.05, 0) is 12.1 Å². The lowest BCUT2D eigenvalue weighted by Crippen LogP contribution is -2.08. The number of thiazole rings is 1. The molecule has 0 aliphatic carbocycles. The highest BCUT2D eigenvalue weighted by molar-refractivity contribution is 7.15. The van der Waals surface area contributed by atoms with Gasteiger partial charge in [-0.3, -0.25) is 14.2 Å². The normalized spacial score (nSPS) is 10.9. The third-order valence-corrected chi connectivity index (χ3v) is 3.28. The van der Waals surface area contributed by atoms with Crippen molar-refractivity contribution in [1.82, 2.24) is 14.4 Å². The van der Waals surface area contributed by atoms with Gasteiger partial charge in [0.15, 0.2) is 16.6 Å². The van der Waals surface area contributed by atoms with E-state index in [1.165, 1.54) is 29.7 Å². The molecule has 0 saturated carbocycles. The van der Waals surface area contributed by atoms with Crippen molar-refractivity contribution in [3.8, 4) is 0 Å². The summed E-state index contributed by atoms with van der Waals surface area (Å²) in [7, 11) is 0. The first kappa shape index (κ1) is 11.0. The van der Waals surface area contributed by atoms with Gasteiger partial charge in [-0.25, -0.2) is 9.37 Å². The summed E-state index contributed by atoms with van der Waals surface area (Å²) in [5.41, 5.74) is 0.491. The number of halogens is 1. The molecule has 0 spiro atoms. The van der Waals surface area contributed by atoms with E-state index in [-0.39, 0.29) is 17.9 Å². The summed E-state index contributed by atoms with van der Waals surface area (Å²) in [6, 6.07) is 2.69. The molecule has 4 nitrogen and oxygen atoms in total. The monoisotopic (exact) mass is 261 g/mol. The van der Waals surface area contributed by atoms with Crippen LogP contribution >= 0.6 is 11.3 Å². The molecule has 3 aromatic heterocycles. The number of rotatable bonds is 3. The van der Waals surface area contributed by atoms with E-state index in [2.05, 4.69) is 9.97 Å². The van der Waals surface area contributed by atoms with Crippen LogP contribution in [0.3, 0.4) is 0 Å². The molecular weight excluding hydrogens is 253 g/mol. The zero-order valence-corrected chi connectivity index (χ0v) is 10.0. The van der Waals surface area contributed by atoms with Crippen molar-refractivity contribution in [2.45, 2.75) is 6.42 Å². The maximum absolute atomic E-state index is 13.4. The molecule has 3 aromatic rings. The predicted octanol–water partition coefficient (Wildman–Crippen LogP) is 2.36. The van der Waals surface area contributed by atoms with Crippen molar-refractivity contribution in [2.75, 3.05) is 0 Å². The molecule has 0 bridgehead atoms. The van der Waals surface area contributed by atoms with Crippen molar-refractivity contribution >= 4 is 22.1 Å². The summed E-state index contributed by atoms with van der Waals surface area (Å²) < 4.78 is 15.2. The average Bonchev–Trinajstić information content (AvgIpc) is 2.90. The quantitative estimate of drug-likeness (QED) is 0.680. The maximum Gasteiger partial charge on any atom is 0.193 e. The standard InChI is InChI=1S/C12H8FN3OS/c13-9-2-1-3-14-11(9)10(17)6-8-7-16-4-5-18-12(16)15-8/h1-5,7H,6H2. The lowest BCUT2D eigenvalue weighted by Gasteiger charge is -1.98. The third-order valence-electron chi connectivity index (χ3n) is 2.51. The summed E-state index contributed by atoms with van der Waals surface area (Å²) in [5, 5.41) is 1.91. The van der Waals surface area contributed by atoms with E-state index >= 15 is 0 Å². The number of imidazole rings is 1. The number of nitrogens with zero attached hydrogens (tertiary/aromatic N) is 3. The molecule has 90 valence electrons. The molecule has 0 aromatic carbocycles. The first-order valence-electron chi connectivity index (χ1n) is 5.29. The topological polar surface area (TPSA) is 47.3 Å². The van der Waals surface area contributed by atoms with Gasteiger partial charge in [0.25, 0.3) is 0 Å². The van der Waals surface area contributed by atoms with Gasteiger partial charge in [0, 0.05) is 24.0 Å². The number of fused-ring (bicyclic) bond motifs is 1. The molecule has 0 aliphatic rings. The van der Waals surface area contributed by atoms with E-state index < -0.39 is 5.82 Å². The van der Waals surface area contributed by atoms with E-state index in [1.807, 2.05) is 16.0 Å². The molecule has 0 N–H and O–H groups in total. The summed E-state index contributed by atoms with van der Waals surface area (Å²) in [6.45, 7) is 0. The number of carbonyl (C=O) groups is 1. The van der Waals surface area contributed by atoms with Crippen LogP contribution in [-0.4, -0.2) is 20.2 Å². The molecule has 0 amide bonds. The second kappa shape index (κ2) is 4.30. The Balaban J connectivity index is 1.87. The summed E-state index contributed by atoms with van der Waals surface area (Å²) in [6.07, 6.45) is 5.09. The van der Waals surface area contributed by atoms with Gasteiger partial charge in [-0.15, -0.1) is 11.3 Å². The number of hydrogen-bond donors (Lipinski definition) is 0. The van der Waals surface area contributed by atoms with Crippen molar-refractivity contribution in [2.24, 2.45) is 0 Å². The molecule has 0 unspecified atom stereocenters. The van der Waals surface area contributed by atoms with E-state index in [4.69, 9.17) is 0 Å². The highest BCUT2D eigenvalue weighted by Crippen LogP contribution is 2.13. The molecule has 0 radical (unpaired) electrons. The van der Waals surface area contributed by atoms with Crippen LogP contribution in [0.2, 0.25) is 0 Å². The zero-order valence-electron chi connectivity index (χ0n) is 9.21. The Morgan fingerprint density at radius 2 is 2.39 bits per heavy atom. The van der Waals surface area contributed by atoms with Crippen LogP contribution in [0.1, 0.15) is 16.2 Å². The van der Waals surface area contributed by atoms with Crippen LogP contribution in [0.5, 0.6) is 0 Å². The Hall–Kier alpha value is -2.08. The van der Waals surface area contributed by atoms with Crippen LogP contribution in [0.4, 0.5) is 4.39 Å². The van der Waals surface area contributed by atoms with E-state index in [0.717, 1.165) is 4.96 Å². The minimum atomic E-state index is -0.594. The smallest absolute Gasteiger partial charge is 0.193 e. The van der Waals surface area contributed by atoms with Crippen LogP contribution in [0, 0.1) is 5.82 Å². The Bertz CT molecular complexity index is 690. The van der Waals surface area contributed by atoms with Gasteiger partial charge in [0.05, 0.1) is 12.1 Å². The minimum absolute atomic E-state index is 0.0579. The van der Waals surface area contributed by atoms with Gasteiger partial charge < -0.3 is 0 Å². The molecule has 6 heteroatoms. The summed E-state index contributed by atoms with van der Waals surface area (Å²) in [5.74, 6) is -0.956. The number of carbonyl (C=O) groups excluding carboxylic acids is 1. The Morgan fingerprint density at radius 3 is 3.17 bits per heavy atom.